The maximum Gasteiger partial charge on any atom is 0.162 e. The normalized spacial score (nSPS) is 12.2. The molecule has 2 nitrogen and oxygen atoms in total. The van der Waals surface area contributed by atoms with Gasteiger partial charge in [0.05, 0.1) is 0 Å². The maximum absolute atomic E-state index is 12.2. The third kappa shape index (κ3) is 4.99. The number of rotatable bonds is 7. The second-order valence-electron chi connectivity index (χ2n) is 5.66. The average molecular weight is 361 g/mol. The van der Waals surface area contributed by atoms with Crippen molar-refractivity contribution in [1.82, 2.24) is 0 Å². The molecule has 0 aliphatic heterocycles. The molecule has 0 amide bonds. The van der Waals surface area contributed by atoms with E-state index in [0.29, 0.717) is 17.2 Å². The van der Waals surface area contributed by atoms with Crippen molar-refractivity contribution in [3.63, 3.8) is 0 Å². The predicted octanol–water partition coefficient (Wildman–Crippen LogP) is 5.86. The summed E-state index contributed by atoms with van der Waals surface area (Å²) in [5.74, 6) is 2.25. The standard InChI is InChI=1S/C19H21BrO2/c1-14(2)18(20)12-13-19(21)15-8-10-17(11-9-15)22-16-6-4-3-5-7-16/h3-11,14,18H,12-13H2,1-2H3. The van der Waals surface area contributed by atoms with Crippen LogP contribution in [-0.4, -0.2) is 10.6 Å². The molecule has 0 heterocycles. The monoisotopic (exact) mass is 360 g/mol. The van der Waals surface area contributed by atoms with Crippen molar-refractivity contribution in [3.05, 3.63) is 60.2 Å². The van der Waals surface area contributed by atoms with Gasteiger partial charge in [-0.3, -0.25) is 4.79 Å². The Kier molecular flexibility index (Phi) is 6.20. The van der Waals surface area contributed by atoms with E-state index in [2.05, 4.69) is 29.8 Å². The maximum atomic E-state index is 12.2. The summed E-state index contributed by atoms with van der Waals surface area (Å²) >= 11 is 3.62. The summed E-state index contributed by atoms with van der Waals surface area (Å²) in [5, 5.41) is 0. The van der Waals surface area contributed by atoms with Gasteiger partial charge in [-0.25, -0.2) is 0 Å². The number of alkyl halides is 1. The molecule has 1 unspecified atom stereocenters. The highest BCUT2D eigenvalue weighted by molar-refractivity contribution is 9.09. The molecule has 116 valence electrons. The van der Waals surface area contributed by atoms with Crippen molar-refractivity contribution in [2.45, 2.75) is 31.5 Å². The fraction of sp³-hybridized carbons (Fsp3) is 0.316. The summed E-state index contributed by atoms with van der Waals surface area (Å²) in [4.78, 5) is 12.6. The van der Waals surface area contributed by atoms with Crippen LogP contribution in [0.25, 0.3) is 0 Å². The Labute approximate surface area is 140 Å². The van der Waals surface area contributed by atoms with Gasteiger partial charge in [-0.1, -0.05) is 48.0 Å². The van der Waals surface area contributed by atoms with Crippen LogP contribution in [0, 0.1) is 5.92 Å². The highest BCUT2D eigenvalue weighted by Crippen LogP contribution is 2.23. The van der Waals surface area contributed by atoms with Gasteiger partial charge in [-0.2, -0.15) is 0 Å². The predicted molar refractivity (Wildman–Crippen MR) is 94.1 cm³/mol. The molecule has 3 heteroatoms. The van der Waals surface area contributed by atoms with Crippen LogP contribution >= 0.6 is 15.9 Å². The Bertz CT molecular complexity index is 591. The quantitative estimate of drug-likeness (QED) is 0.456. The third-order valence-corrected chi connectivity index (χ3v) is 5.04. The second-order valence-corrected chi connectivity index (χ2v) is 6.84. The van der Waals surface area contributed by atoms with Gasteiger partial charge < -0.3 is 4.74 Å². The number of halogens is 1. The molecule has 0 radical (unpaired) electrons. The molecule has 0 aromatic heterocycles. The number of carbonyl (C=O) groups is 1. The Morgan fingerprint density at radius 3 is 2.18 bits per heavy atom. The topological polar surface area (TPSA) is 26.3 Å². The molecule has 1 atom stereocenters. The van der Waals surface area contributed by atoms with Gasteiger partial charge in [0.1, 0.15) is 11.5 Å². The summed E-state index contributed by atoms with van der Waals surface area (Å²) < 4.78 is 5.72. The highest BCUT2D eigenvalue weighted by Gasteiger charge is 2.13. The van der Waals surface area contributed by atoms with Gasteiger partial charge in [-0.15, -0.1) is 0 Å². The number of hydrogen-bond donors (Lipinski definition) is 0. The number of para-hydroxylation sites is 1. The van der Waals surface area contributed by atoms with E-state index >= 15 is 0 Å². The van der Waals surface area contributed by atoms with Gasteiger partial charge in [-0.05, 0) is 48.7 Å². The van der Waals surface area contributed by atoms with E-state index in [-0.39, 0.29) is 5.78 Å². The van der Waals surface area contributed by atoms with E-state index in [0.717, 1.165) is 23.5 Å². The van der Waals surface area contributed by atoms with E-state index in [1.54, 1.807) is 0 Å². The van der Waals surface area contributed by atoms with Crippen molar-refractivity contribution in [3.8, 4) is 11.5 Å². The minimum absolute atomic E-state index is 0.177. The lowest BCUT2D eigenvalue weighted by Crippen LogP contribution is -2.10. The number of Topliss-reactive ketones (excluding diaryl/α,β-unsaturated/α-hetero) is 1. The lowest BCUT2D eigenvalue weighted by Gasteiger charge is -2.12. The van der Waals surface area contributed by atoms with Crippen LogP contribution in [0.4, 0.5) is 0 Å². The summed E-state index contributed by atoms with van der Waals surface area (Å²) in [6, 6.07) is 17.0. The molecular weight excluding hydrogens is 340 g/mol. The first-order valence-electron chi connectivity index (χ1n) is 7.56. The van der Waals surface area contributed by atoms with Gasteiger partial charge in [0.15, 0.2) is 5.78 Å². The number of hydrogen-bond acceptors (Lipinski definition) is 2. The van der Waals surface area contributed by atoms with E-state index < -0.39 is 0 Å². The van der Waals surface area contributed by atoms with Crippen molar-refractivity contribution in [1.29, 1.82) is 0 Å². The van der Waals surface area contributed by atoms with Crippen LogP contribution in [0.1, 0.15) is 37.0 Å². The van der Waals surface area contributed by atoms with E-state index in [4.69, 9.17) is 4.74 Å². The van der Waals surface area contributed by atoms with Crippen molar-refractivity contribution >= 4 is 21.7 Å². The van der Waals surface area contributed by atoms with Crippen molar-refractivity contribution in [2.75, 3.05) is 0 Å². The van der Waals surface area contributed by atoms with Crippen molar-refractivity contribution < 1.29 is 9.53 Å². The fourth-order valence-corrected chi connectivity index (χ4v) is 2.31. The van der Waals surface area contributed by atoms with Crippen molar-refractivity contribution in [2.24, 2.45) is 5.92 Å². The molecule has 0 spiro atoms. The van der Waals surface area contributed by atoms with Crippen LogP contribution in [0.15, 0.2) is 54.6 Å². The van der Waals surface area contributed by atoms with Crippen LogP contribution in [0.3, 0.4) is 0 Å². The largest absolute Gasteiger partial charge is 0.457 e. The molecule has 0 aliphatic rings. The number of ether oxygens (including phenoxy) is 1. The minimum Gasteiger partial charge on any atom is -0.457 e. The van der Waals surface area contributed by atoms with E-state index in [1.165, 1.54) is 0 Å². The zero-order chi connectivity index (χ0) is 15.9. The molecule has 2 aromatic carbocycles. The fourth-order valence-electron chi connectivity index (χ4n) is 2.08. The summed E-state index contributed by atoms with van der Waals surface area (Å²) in [5.41, 5.74) is 0.740. The summed E-state index contributed by atoms with van der Waals surface area (Å²) in [7, 11) is 0. The van der Waals surface area contributed by atoms with Gasteiger partial charge >= 0.3 is 0 Å². The van der Waals surface area contributed by atoms with Crippen LogP contribution in [-0.2, 0) is 0 Å². The molecular formula is C19H21BrO2. The first-order chi connectivity index (χ1) is 10.6. The smallest absolute Gasteiger partial charge is 0.162 e. The molecule has 0 saturated carbocycles. The second kappa shape index (κ2) is 8.14. The first kappa shape index (κ1) is 16.8. The van der Waals surface area contributed by atoms with Crippen LogP contribution in [0.5, 0.6) is 11.5 Å². The van der Waals surface area contributed by atoms with Gasteiger partial charge in [0.2, 0.25) is 0 Å². The van der Waals surface area contributed by atoms with E-state index in [9.17, 15) is 4.79 Å². The van der Waals surface area contributed by atoms with Crippen LogP contribution < -0.4 is 4.74 Å². The zero-order valence-corrected chi connectivity index (χ0v) is 14.5. The Morgan fingerprint density at radius 2 is 1.59 bits per heavy atom. The lowest BCUT2D eigenvalue weighted by atomic mass is 10.0. The van der Waals surface area contributed by atoms with Gasteiger partial charge in [0, 0.05) is 16.8 Å². The third-order valence-electron chi connectivity index (χ3n) is 3.53. The van der Waals surface area contributed by atoms with E-state index in [1.807, 2.05) is 54.6 Å². The lowest BCUT2D eigenvalue weighted by molar-refractivity contribution is 0.0979. The number of ketones is 1. The number of benzene rings is 2. The highest BCUT2D eigenvalue weighted by atomic mass is 79.9. The molecule has 0 saturated heterocycles. The Hall–Kier alpha value is -1.61. The van der Waals surface area contributed by atoms with Crippen LogP contribution in [0.2, 0.25) is 0 Å². The van der Waals surface area contributed by atoms with Gasteiger partial charge in [0.25, 0.3) is 0 Å². The molecule has 0 fully saturated rings. The molecule has 22 heavy (non-hydrogen) atoms. The first-order valence-corrected chi connectivity index (χ1v) is 8.48. The summed E-state index contributed by atoms with van der Waals surface area (Å²) in [6.45, 7) is 4.30. The average Bonchev–Trinajstić information content (AvgIpc) is 2.54. The number of carbonyl (C=O) groups excluding carboxylic acids is 1. The summed E-state index contributed by atoms with van der Waals surface area (Å²) in [6.07, 6.45) is 1.42. The Morgan fingerprint density at radius 1 is 1.00 bits per heavy atom. The molecule has 0 aliphatic carbocycles. The SMILES string of the molecule is CC(C)C(Br)CCC(=O)c1ccc(Oc2ccccc2)cc1. The molecule has 0 bridgehead atoms. The Balaban J connectivity index is 1.92. The molecule has 0 N–H and O–H groups in total. The molecule has 2 aromatic rings. The zero-order valence-electron chi connectivity index (χ0n) is 13.0. The minimum atomic E-state index is 0.177. The molecule has 2 rings (SSSR count).